The molecule has 0 aromatic carbocycles. The zero-order valence-electron chi connectivity index (χ0n) is 27.5. The number of nitrogens with zero attached hydrogens (tertiary/aromatic N) is 1. The van der Waals surface area contributed by atoms with Gasteiger partial charge in [-0.25, -0.2) is 9.59 Å². The highest BCUT2D eigenvalue weighted by molar-refractivity contribution is 5.77. The highest BCUT2D eigenvalue weighted by Crippen LogP contribution is 2.32. The van der Waals surface area contributed by atoms with Crippen molar-refractivity contribution >= 4 is 17.9 Å². The molecule has 0 aliphatic rings. The molecule has 0 spiro atoms. The first-order valence-electron chi connectivity index (χ1n) is 17.4. The molecule has 42 heavy (non-hydrogen) atoms. The summed E-state index contributed by atoms with van der Waals surface area (Å²) in [5.41, 5.74) is 0. The molecule has 0 saturated heterocycles. The van der Waals surface area contributed by atoms with Gasteiger partial charge < -0.3 is 20.1 Å². The van der Waals surface area contributed by atoms with Gasteiger partial charge in [-0.3, -0.25) is 4.48 Å². The second-order valence-electron chi connectivity index (χ2n) is 12.3. The number of quaternary nitrogens is 1. The molecule has 0 rings (SSSR count). The Morgan fingerprint density at radius 1 is 0.571 bits per heavy atom. The van der Waals surface area contributed by atoms with E-state index in [2.05, 4.69) is 6.58 Å². The number of carbonyl (C=O) groups excluding carboxylic acids is 1. The van der Waals surface area contributed by atoms with Gasteiger partial charge in [0, 0.05) is 19.3 Å². The Morgan fingerprint density at radius 2 is 0.857 bits per heavy atom. The average molecular weight is 596 g/mol. The molecule has 0 aromatic heterocycles. The summed E-state index contributed by atoms with van der Waals surface area (Å²) in [6.45, 7) is 9.05. The van der Waals surface area contributed by atoms with Crippen molar-refractivity contribution in [2.45, 2.75) is 187 Å². The second-order valence-corrected chi connectivity index (χ2v) is 12.3. The Labute approximate surface area is 257 Å². The Kier molecular flexibility index (Phi) is 24.4. The summed E-state index contributed by atoms with van der Waals surface area (Å²) in [5, 5.41) is 32.2. The molecule has 0 radical (unpaired) electrons. The molecular weight excluding hydrogens is 530 g/mol. The molecule has 0 heterocycles. The number of unbranched alkanes of at least 4 members (excludes halogenated alkanes) is 19. The van der Waals surface area contributed by atoms with E-state index in [9.17, 15) is 29.7 Å². The maximum atomic E-state index is 12.3. The van der Waals surface area contributed by atoms with E-state index in [-0.39, 0.29) is 25.8 Å². The summed E-state index contributed by atoms with van der Waals surface area (Å²) >= 11 is 0. The van der Waals surface area contributed by atoms with Crippen molar-refractivity contribution in [2.24, 2.45) is 0 Å². The van der Waals surface area contributed by atoms with Gasteiger partial charge in [0.2, 0.25) is 0 Å². The molecule has 246 valence electrons. The molecule has 0 saturated carbocycles. The van der Waals surface area contributed by atoms with E-state index in [1.807, 2.05) is 6.08 Å². The lowest BCUT2D eigenvalue weighted by molar-refractivity contribution is -0.974. The van der Waals surface area contributed by atoms with E-state index in [4.69, 9.17) is 0 Å². The molecular formula is C35H65NO6. The first kappa shape index (κ1) is 40.1. The number of rotatable bonds is 31. The van der Waals surface area contributed by atoms with Crippen LogP contribution in [-0.2, 0) is 14.4 Å². The minimum absolute atomic E-state index is 0.132. The SMILES string of the molecule is C=CCCCCCCCCCCCCCCCCCCCCC[N+](C(CC)C(=O)[O-])(C(CC)C(=O)O)C(CC)C(=O)O. The lowest BCUT2D eigenvalue weighted by Crippen LogP contribution is -2.73. The van der Waals surface area contributed by atoms with Crippen molar-refractivity contribution < 1.29 is 34.2 Å². The van der Waals surface area contributed by atoms with Crippen molar-refractivity contribution in [3.63, 3.8) is 0 Å². The fourth-order valence-corrected chi connectivity index (χ4v) is 6.94. The Bertz CT molecular complexity index is 669. The number of aliphatic carboxylic acids is 3. The molecule has 0 fully saturated rings. The number of carboxylic acids is 3. The van der Waals surface area contributed by atoms with Crippen LogP contribution in [0.25, 0.3) is 0 Å². The minimum Gasteiger partial charge on any atom is -0.544 e. The third-order valence-electron chi connectivity index (χ3n) is 9.20. The molecule has 0 aliphatic carbocycles. The normalized spacial score (nSPS) is 15.0. The van der Waals surface area contributed by atoms with Crippen LogP contribution in [0.15, 0.2) is 12.7 Å². The van der Waals surface area contributed by atoms with Crippen LogP contribution in [0, 0.1) is 0 Å². The van der Waals surface area contributed by atoms with Crippen LogP contribution in [0.5, 0.6) is 0 Å². The Hall–Kier alpha value is -1.89. The third-order valence-corrected chi connectivity index (χ3v) is 9.20. The molecule has 7 nitrogen and oxygen atoms in total. The first-order chi connectivity index (χ1) is 20.2. The van der Waals surface area contributed by atoms with Gasteiger partial charge in [0.05, 0.1) is 12.5 Å². The number of hydrogen-bond donors (Lipinski definition) is 2. The zero-order valence-corrected chi connectivity index (χ0v) is 27.5. The molecule has 7 heteroatoms. The monoisotopic (exact) mass is 595 g/mol. The lowest BCUT2D eigenvalue weighted by Gasteiger charge is -2.51. The van der Waals surface area contributed by atoms with E-state index in [1.165, 1.54) is 96.3 Å². The highest BCUT2D eigenvalue weighted by Gasteiger charge is 2.53. The Morgan fingerprint density at radius 3 is 1.10 bits per heavy atom. The third kappa shape index (κ3) is 15.5. The summed E-state index contributed by atoms with van der Waals surface area (Å²) in [6, 6.07) is -3.37. The second kappa shape index (κ2) is 25.6. The molecule has 0 amide bonds. The van der Waals surface area contributed by atoms with E-state index < -0.39 is 40.5 Å². The standard InChI is InChI=1S/C35H65NO6/c1-5-9-10-11-12-13-14-15-16-17-18-19-20-21-22-23-24-25-26-27-28-29-36(30(6-2)33(37)38,31(7-3)34(39)40)32(8-4)35(41)42/h5,30-32H,1,6-29H2,2-4H3,(H2-,37,38,39,40,41,42). The van der Waals surface area contributed by atoms with E-state index in [0.717, 1.165) is 25.7 Å². The zero-order chi connectivity index (χ0) is 31.6. The van der Waals surface area contributed by atoms with E-state index in [1.54, 1.807) is 20.8 Å². The lowest BCUT2D eigenvalue weighted by atomic mass is 9.93. The van der Waals surface area contributed by atoms with Crippen LogP contribution in [0.4, 0.5) is 0 Å². The average Bonchev–Trinajstić information content (AvgIpc) is 2.94. The molecule has 0 aromatic rings. The van der Waals surface area contributed by atoms with Crippen LogP contribution in [0.3, 0.4) is 0 Å². The van der Waals surface area contributed by atoms with Crippen LogP contribution in [0.2, 0.25) is 0 Å². The maximum Gasteiger partial charge on any atom is 0.362 e. The summed E-state index contributed by atoms with van der Waals surface area (Å²) in [6.07, 6.45) is 27.1. The van der Waals surface area contributed by atoms with Gasteiger partial charge in [-0.1, -0.05) is 130 Å². The quantitative estimate of drug-likeness (QED) is 0.0476. The van der Waals surface area contributed by atoms with Gasteiger partial charge in [-0.15, -0.1) is 6.58 Å². The maximum absolute atomic E-state index is 12.3. The smallest absolute Gasteiger partial charge is 0.362 e. The van der Waals surface area contributed by atoms with Gasteiger partial charge >= 0.3 is 11.9 Å². The fourth-order valence-electron chi connectivity index (χ4n) is 6.94. The van der Waals surface area contributed by atoms with Crippen LogP contribution < -0.4 is 5.11 Å². The summed E-state index contributed by atoms with van der Waals surface area (Å²) in [4.78, 5) is 36.7. The fraction of sp³-hybridized carbons (Fsp3) is 0.857. The van der Waals surface area contributed by atoms with Crippen molar-refractivity contribution in [1.82, 2.24) is 0 Å². The largest absolute Gasteiger partial charge is 0.544 e. The molecule has 3 atom stereocenters. The van der Waals surface area contributed by atoms with E-state index in [0.29, 0.717) is 6.42 Å². The van der Waals surface area contributed by atoms with Gasteiger partial charge in [-0.2, -0.15) is 0 Å². The van der Waals surface area contributed by atoms with Gasteiger partial charge in [0.15, 0.2) is 12.1 Å². The van der Waals surface area contributed by atoms with Crippen molar-refractivity contribution in [3.8, 4) is 0 Å². The van der Waals surface area contributed by atoms with Crippen molar-refractivity contribution in [3.05, 3.63) is 12.7 Å². The predicted molar refractivity (Wildman–Crippen MR) is 170 cm³/mol. The highest BCUT2D eigenvalue weighted by atomic mass is 16.4. The van der Waals surface area contributed by atoms with E-state index >= 15 is 0 Å². The molecule has 2 N–H and O–H groups in total. The summed E-state index contributed by atoms with van der Waals surface area (Å²) < 4.78 is -0.465. The Balaban J connectivity index is 4.31. The van der Waals surface area contributed by atoms with Crippen molar-refractivity contribution in [2.75, 3.05) is 6.54 Å². The van der Waals surface area contributed by atoms with Crippen molar-refractivity contribution in [1.29, 1.82) is 0 Å². The van der Waals surface area contributed by atoms with Crippen LogP contribution in [-0.4, -0.2) is 57.3 Å². The predicted octanol–water partition coefficient (Wildman–Crippen LogP) is 8.05. The van der Waals surface area contributed by atoms with Gasteiger partial charge in [-0.05, 0) is 25.7 Å². The topological polar surface area (TPSA) is 115 Å². The molecule has 0 aliphatic heterocycles. The number of carboxylic acid groups (broad SMARTS) is 3. The first-order valence-corrected chi connectivity index (χ1v) is 17.4. The number of hydrogen-bond acceptors (Lipinski definition) is 4. The number of allylic oxidation sites excluding steroid dienone is 1. The summed E-state index contributed by atoms with van der Waals surface area (Å²) in [5.74, 6) is -3.64. The van der Waals surface area contributed by atoms with Gasteiger partial charge in [0.1, 0.15) is 6.04 Å². The van der Waals surface area contributed by atoms with Crippen LogP contribution in [0.1, 0.15) is 168 Å². The molecule has 3 unspecified atom stereocenters. The summed E-state index contributed by atoms with van der Waals surface area (Å²) in [7, 11) is 0. The van der Waals surface area contributed by atoms with Gasteiger partial charge in [0.25, 0.3) is 0 Å². The number of carbonyl (C=O) groups is 3. The molecule has 0 bridgehead atoms. The minimum atomic E-state index is -1.36. The van der Waals surface area contributed by atoms with Crippen LogP contribution >= 0.6 is 0 Å².